The van der Waals surface area contributed by atoms with E-state index in [1.807, 2.05) is 0 Å². The molecular weight excluding hydrogens is 125 g/mol. The minimum Gasteiger partial charge on any atom is -0.323 e. The van der Waals surface area contributed by atoms with Crippen LogP contribution in [0.5, 0.6) is 0 Å². The van der Waals surface area contributed by atoms with Crippen molar-refractivity contribution < 1.29 is 4.79 Å². The molecular formula is C2H5Cl2NO. The highest BCUT2D eigenvalue weighted by molar-refractivity contribution is 6.64. The van der Waals surface area contributed by atoms with E-state index in [9.17, 15) is 4.79 Å². The minimum absolute atomic E-state index is 0. The van der Waals surface area contributed by atoms with Crippen LogP contribution in [-0.4, -0.2) is 11.8 Å². The molecule has 0 atom stereocenters. The van der Waals surface area contributed by atoms with Crippen molar-refractivity contribution in [2.45, 2.75) is 0 Å². The predicted molar refractivity (Wildman–Crippen MR) is 27.2 cm³/mol. The summed E-state index contributed by atoms with van der Waals surface area (Å²) in [5.74, 6) is 0. The molecule has 0 aromatic carbocycles. The van der Waals surface area contributed by atoms with Gasteiger partial charge in [-0.15, -0.1) is 12.4 Å². The molecule has 0 saturated carbocycles. The van der Waals surface area contributed by atoms with Gasteiger partial charge in [0, 0.05) is 0 Å². The molecule has 0 radical (unpaired) electrons. The third kappa shape index (κ3) is 8.88. The van der Waals surface area contributed by atoms with Gasteiger partial charge in [-0.3, -0.25) is 4.79 Å². The SMILES string of the molecule is Cl.NCC(=O)Cl. The number of hydrogen-bond donors (Lipinski definition) is 1. The summed E-state index contributed by atoms with van der Waals surface area (Å²) >= 11 is 4.70. The van der Waals surface area contributed by atoms with Crippen LogP contribution in [0.4, 0.5) is 0 Å². The van der Waals surface area contributed by atoms with Gasteiger partial charge in [-0.05, 0) is 11.6 Å². The molecule has 38 valence electrons. The lowest BCUT2D eigenvalue weighted by molar-refractivity contribution is -0.110. The highest BCUT2D eigenvalue weighted by Crippen LogP contribution is 1.68. The first-order chi connectivity index (χ1) is 2.27. The molecule has 0 saturated heterocycles. The smallest absolute Gasteiger partial charge is 0.235 e. The van der Waals surface area contributed by atoms with E-state index in [0.29, 0.717) is 0 Å². The van der Waals surface area contributed by atoms with Crippen LogP contribution in [0.25, 0.3) is 0 Å². The van der Waals surface area contributed by atoms with Crippen molar-refractivity contribution in [3.05, 3.63) is 0 Å². The Morgan fingerprint density at radius 3 is 2.00 bits per heavy atom. The number of halogens is 2. The zero-order valence-corrected chi connectivity index (χ0v) is 4.55. The van der Waals surface area contributed by atoms with E-state index in [1.54, 1.807) is 0 Å². The summed E-state index contributed by atoms with van der Waals surface area (Å²) in [6, 6.07) is 0. The van der Waals surface area contributed by atoms with Crippen LogP contribution in [0.15, 0.2) is 0 Å². The molecule has 0 spiro atoms. The summed E-state index contributed by atoms with van der Waals surface area (Å²) in [6.07, 6.45) is 0. The van der Waals surface area contributed by atoms with Crippen LogP contribution in [0.2, 0.25) is 0 Å². The van der Waals surface area contributed by atoms with Crippen molar-refractivity contribution in [1.82, 2.24) is 0 Å². The van der Waals surface area contributed by atoms with Gasteiger partial charge in [-0.2, -0.15) is 0 Å². The Bertz CT molecular complexity index is 46.8. The molecule has 0 fully saturated rings. The van der Waals surface area contributed by atoms with Crippen LogP contribution in [0.3, 0.4) is 0 Å². The molecule has 0 aliphatic rings. The molecule has 0 amide bonds. The van der Waals surface area contributed by atoms with E-state index >= 15 is 0 Å². The fourth-order valence-corrected chi connectivity index (χ4v) is 0. The first-order valence-electron chi connectivity index (χ1n) is 1.15. The molecule has 4 heteroatoms. The largest absolute Gasteiger partial charge is 0.323 e. The zero-order valence-electron chi connectivity index (χ0n) is 2.98. The third-order valence-corrected chi connectivity index (χ3v) is 0.315. The lowest BCUT2D eigenvalue weighted by Gasteiger charge is -1.69. The molecule has 2 N–H and O–H groups in total. The first kappa shape index (κ1) is 9.51. The van der Waals surface area contributed by atoms with Crippen molar-refractivity contribution in [2.24, 2.45) is 5.73 Å². The normalized spacial score (nSPS) is 6.33. The quantitative estimate of drug-likeness (QED) is 0.512. The Morgan fingerprint density at radius 1 is 1.83 bits per heavy atom. The highest BCUT2D eigenvalue weighted by Gasteiger charge is 1.81. The van der Waals surface area contributed by atoms with Crippen LogP contribution in [0, 0.1) is 0 Å². The van der Waals surface area contributed by atoms with Gasteiger partial charge in [-0.1, -0.05) is 0 Å². The van der Waals surface area contributed by atoms with Gasteiger partial charge in [-0.25, -0.2) is 0 Å². The van der Waals surface area contributed by atoms with Crippen molar-refractivity contribution in [2.75, 3.05) is 6.54 Å². The third-order valence-electron chi connectivity index (χ3n) is 0.160. The topological polar surface area (TPSA) is 43.1 Å². The molecule has 2 nitrogen and oxygen atoms in total. The maximum atomic E-state index is 9.45. The Kier molecular flexibility index (Phi) is 8.26. The minimum atomic E-state index is -0.495. The number of rotatable bonds is 1. The molecule has 0 aliphatic heterocycles. The second-order valence-electron chi connectivity index (χ2n) is 0.559. The van der Waals surface area contributed by atoms with Crippen molar-refractivity contribution in [1.29, 1.82) is 0 Å². The summed E-state index contributed by atoms with van der Waals surface area (Å²) < 4.78 is 0. The number of carbonyl (C=O) groups excluding carboxylic acids is 1. The van der Waals surface area contributed by atoms with Gasteiger partial charge in [0.2, 0.25) is 5.24 Å². The summed E-state index contributed by atoms with van der Waals surface area (Å²) in [5, 5.41) is -0.495. The average molecular weight is 130 g/mol. The fraction of sp³-hybridized carbons (Fsp3) is 0.500. The Morgan fingerprint density at radius 2 is 2.00 bits per heavy atom. The Hall–Kier alpha value is 0.210. The van der Waals surface area contributed by atoms with E-state index in [2.05, 4.69) is 5.73 Å². The molecule has 0 heterocycles. The molecule has 0 bridgehead atoms. The van der Waals surface area contributed by atoms with E-state index in [-0.39, 0.29) is 19.0 Å². The first-order valence-corrected chi connectivity index (χ1v) is 1.53. The summed E-state index contributed by atoms with van der Waals surface area (Å²) in [5.41, 5.74) is 4.69. The fourth-order valence-electron chi connectivity index (χ4n) is 0. The van der Waals surface area contributed by atoms with Crippen LogP contribution in [-0.2, 0) is 4.79 Å². The summed E-state index contributed by atoms with van der Waals surface area (Å²) in [6.45, 7) is -0.0679. The molecule has 6 heavy (non-hydrogen) atoms. The van der Waals surface area contributed by atoms with Crippen LogP contribution < -0.4 is 5.73 Å². The lowest BCUT2D eigenvalue weighted by atomic mass is 10.8. The van der Waals surface area contributed by atoms with Crippen molar-refractivity contribution in [3.8, 4) is 0 Å². The standard InChI is InChI=1S/C2H4ClNO.ClH/c3-2(5)1-4;/h1,4H2;1H. The number of nitrogens with two attached hydrogens (primary N) is 1. The maximum Gasteiger partial charge on any atom is 0.235 e. The van der Waals surface area contributed by atoms with Gasteiger partial charge in [0.15, 0.2) is 0 Å². The Labute approximate surface area is 47.1 Å². The van der Waals surface area contributed by atoms with Gasteiger partial charge >= 0.3 is 0 Å². The van der Waals surface area contributed by atoms with Crippen LogP contribution in [0.1, 0.15) is 0 Å². The monoisotopic (exact) mass is 129 g/mol. The highest BCUT2D eigenvalue weighted by atomic mass is 35.5. The molecule has 0 rings (SSSR count). The van der Waals surface area contributed by atoms with E-state index in [1.165, 1.54) is 0 Å². The van der Waals surface area contributed by atoms with E-state index in [4.69, 9.17) is 11.6 Å². The second-order valence-corrected chi connectivity index (χ2v) is 0.981. The van der Waals surface area contributed by atoms with Crippen LogP contribution >= 0.6 is 24.0 Å². The molecule has 0 unspecified atom stereocenters. The van der Waals surface area contributed by atoms with E-state index < -0.39 is 5.24 Å². The Balaban J connectivity index is 0. The van der Waals surface area contributed by atoms with Gasteiger partial charge in [0.25, 0.3) is 0 Å². The predicted octanol–water partition coefficient (Wildman–Crippen LogP) is 0.132. The maximum absolute atomic E-state index is 9.45. The lowest BCUT2D eigenvalue weighted by Crippen LogP contribution is -2.05. The van der Waals surface area contributed by atoms with Gasteiger partial charge in [0.1, 0.15) is 0 Å². The number of carbonyl (C=O) groups is 1. The van der Waals surface area contributed by atoms with Crippen molar-refractivity contribution >= 4 is 29.3 Å². The zero-order chi connectivity index (χ0) is 4.28. The summed E-state index contributed by atoms with van der Waals surface area (Å²) in [7, 11) is 0. The molecule has 0 aromatic rings. The second kappa shape index (κ2) is 5.21. The molecule has 0 aromatic heterocycles. The van der Waals surface area contributed by atoms with Crippen molar-refractivity contribution in [3.63, 3.8) is 0 Å². The van der Waals surface area contributed by atoms with Gasteiger partial charge in [0.05, 0.1) is 6.54 Å². The number of hydrogen-bond acceptors (Lipinski definition) is 2. The van der Waals surface area contributed by atoms with E-state index in [0.717, 1.165) is 0 Å². The van der Waals surface area contributed by atoms with Gasteiger partial charge < -0.3 is 5.73 Å². The molecule has 0 aliphatic carbocycles. The average Bonchev–Trinajstić information content (AvgIpc) is 1.38. The summed E-state index contributed by atoms with van der Waals surface area (Å²) in [4.78, 5) is 9.45.